The first kappa shape index (κ1) is 13.3. The predicted molar refractivity (Wildman–Crippen MR) is 77.2 cm³/mol. The molecule has 1 N–H and O–H groups in total. The molecule has 2 heterocycles. The Kier molecular flexibility index (Phi) is 4.59. The zero-order valence-corrected chi connectivity index (χ0v) is 11.9. The molecule has 0 radical (unpaired) electrons. The van der Waals surface area contributed by atoms with Gasteiger partial charge >= 0.3 is 0 Å². The Bertz CT molecular complexity index is 393. The molecule has 0 aromatic carbocycles. The summed E-state index contributed by atoms with van der Waals surface area (Å²) in [5.41, 5.74) is 3.85. The van der Waals surface area contributed by atoms with E-state index in [-0.39, 0.29) is 0 Å². The minimum Gasteiger partial charge on any atom is -0.356 e. The molecule has 1 saturated heterocycles. The van der Waals surface area contributed by atoms with E-state index in [1.165, 1.54) is 42.6 Å². The first-order valence-corrected chi connectivity index (χ1v) is 7.09. The van der Waals surface area contributed by atoms with Gasteiger partial charge in [0.25, 0.3) is 0 Å². The monoisotopic (exact) mass is 247 g/mol. The topological polar surface area (TPSA) is 28.2 Å². The Morgan fingerprint density at radius 3 is 2.44 bits per heavy atom. The van der Waals surface area contributed by atoms with Gasteiger partial charge in [0.2, 0.25) is 0 Å². The maximum absolute atomic E-state index is 4.80. The molecule has 3 nitrogen and oxygen atoms in total. The lowest BCUT2D eigenvalue weighted by atomic mass is 10.1. The largest absolute Gasteiger partial charge is 0.356 e. The van der Waals surface area contributed by atoms with Crippen molar-refractivity contribution in [2.75, 3.05) is 25.0 Å². The first-order valence-electron chi connectivity index (χ1n) is 7.09. The molecule has 0 amide bonds. The summed E-state index contributed by atoms with van der Waals surface area (Å²) in [4.78, 5) is 7.29. The van der Waals surface area contributed by atoms with Crippen LogP contribution in [0.3, 0.4) is 0 Å². The van der Waals surface area contributed by atoms with Crippen LogP contribution in [0.15, 0.2) is 6.07 Å². The van der Waals surface area contributed by atoms with E-state index in [9.17, 15) is 0 Å². The third-order valence-corrected chi connectivity index (χ3v) is 3.71. The highest BCUT2D eigenvalue weighted by molar-refractivity contribution is 5.51. The molecule has 1 aliphatic heterocycles. The van der Waals surface area contributed by atoms with Crippen LogP contribution in [-0.2, 0) is 6.54 Å². The van der Waals surface area contributed by atoms with Gasteiger partial charge in [-0.1, -0.05) is 12.8 Å². The van der Waals surface area contributed by atoms with Gasteiger partial charge < -0.3 is 10.2 Å². The van der Waals surface area contributed by atoms with Crippen molar-refractivity contribution in [3.63, 3.8) is 0 Å². The number of aromatic nitrogens is 1. The standard InChI is InChI=1S/C15H25N3/c1-12-10-13(2)17-15(14(12)11-16-3)18-8-6-4-5-7-9-18/h10,16H,4-9,11H2,1-3H3. The van der Waals surface area contributed by atoms with Gasteiger partial charge in [-0.25, -0.2) is 4.98 Å². The van der Waals surface area contributed by atoms with Crippen molar-refractivity contribution in [2.24, 2.45) is 0 Å². The third-order valence-electron chi connectivity index (χ3n) is 3.71. The summed E-state index contributed by atoms with van der Waals surface area (Å²) in [7, 11) is 2.01. The van der Waals surface area contributed by atoms with E-state index in [4.69, 9.17) is 4.98 Å². The number of nitrogens with zero attached hydrogens (tertiary/aromatic N) is 2. The molecule has 0 saturated carbocycles. The van der Waals surface area contributed by atoms with E-state index in [2.05, 4.69) is 30.1 Å². The number of nitrogens with one attached hydrogen (secondary N) is 1. The van der Waals surface area contributed by atoms with Crippen molar-refractivity contribution in [2.45, 2.75) is 46.1 Å². The number of rotatable bonds is 3. The Morgan fingerprint density at radius 2 is 1.83 bits per heavy atom. The molecule has 2 rings (SSSR count). The quantitative estimate of drug-likeness (QED) is 0.890. The van der Waals surface area contributed by atoms with Crippen molar-refractivity contribution < 1.29 is 0 Å². The van der Waals surface area contributed by atoms with Gasteiger partial charge in [0, 0.05) is 30.9 Å². The lowest BCUT2D eigenvalue weighted by Crippen LogP contribution is -2.27. The van der Waals surface area contributed by atoms with Crippen LogP contribution in [0.25, 0.3) is 0 Å². The molecule has 1 fully saturated rings. The number of hydrogen-bond donors (Lipinski definition) is 1. The van der Waals surface area contributed by atoms with Crippen molar-refractivity contribution in [3.8, 4) is 0 Å². The van der Waals surface area contributed by atoms with E-state index >= 15 is 0 Å². The molecule has 3 heteroatoms. The molecule has 0 unspecified atom stereocenters. The Hall–Kier alpha value is -1.09. The van der Waals surface area contributed by atoms with Gasteiger partial charge in [-0.15, -0.1) is 0 Å². The van der Waals surface area contributed by atoms with E-state index in [1.54, 1.807) is 0 Å². The summed E-state index contributed by atoms with van der Waals surface area (Å²) in [6.07, 6.45) is 5.33. The molecule has 0 bridgehead atoms. The van der Waals surface area contributed by atoms with E-state index < -0.39 is 0 Å². The van der Waals surface area contributed by atoms with E-state index in [0.717, 1.165) is 25.3 Å². The van der Waals surface area contributed by atoms with Crippen LogP contribution < -0.4 is 10.2 Å². The van der Waals surface area contributed by atoms with Gasteiger partial charge in [0.05, 0.1) is 0 Å². The second-order valence-electron chi connectivity index (χ2n) is 5.31. The highest BCUT2D eigenvalue weighted by Crippen LogP contribution is 2.25. The van der Waals surface area contributed by atoms with Crippen LogP contribution >= 0.6 is 0 Å². The van der Waals surface area contributed by atoms with Crippen LogP contribution in [-0.4, -0.2) is 25.1 Å². The lowest BCUT2D eigenvalue weighted by Gasteiger charge is -2.25. The van der Waals surface area contributed by atoms with Gasteiger partial charge in [-0.05, 0) is 45.4 Å². The fraction of sp³-hybridized carbons (Fsp3) is 0.667. The second-order valence-corrected chi connectivity index (χ2v) is 5.31. The zero-order chi connectivity index (χ0) is 13.0. The zero-order valence-electron chi connectivity index (χ0n) is 11.9. The minimum atomic E-state index is 0.908. The Morgan fingerprint density at radius 1 is 1.17 bits per heavy atom. The van der Waals surface area contributed by atoms with Crippen molar-refractivity contribution in [1.29, 1.82) is 0 Å². The van der Waals surface area contributed by atoms with Gasteiger partial charge in [0.1, 0.15) is 5.82 Å². The average Bonchev–Trinajstić information content (AvgIpc) is 2.61. The summed E-state index contributed by atoms with van der Waals surface area (Å²) in [6, 6.07) is 2.19. The Labute approximate surface area is 111 Å². The molecule has 0 atom stereocenters. The van der Waals surface area contributed by atoms with Crippen LogP contribution in [0.2, 0.25) is 0 Å². The minimum absolute atomic E-state index is 0.908. The molecule has 0 aliphatic carbocycles. The molecular weight excluding hydrogens is 222 g/mol. The van der Waals surface area contributed by atoms with Crippen LogP contribution in [0.5, 0.6) is 0 Å². The first-order chi connectivity index (χ1) is 8.72. The van der Waals surface area contributed by atoms with E-state index in [1.807, 2.05) is 7.05 Å². The van der Waals surface area contributed by atoms with Gasteiger partial charge in [0.15, 0.2) is 0 Å². The molecule has 0 spiro atoms. The highest BCUT2D eigenvalue weighted by Gasteiger charge is 2.16. The summed E-state index contributed by atoms with van der Waals surface area (Å²) in [5.74, 6) is 1.21. The number of anilines is 1. The number of hydrogen-bond acceptors (Lipinski definition) is 3. The second kappa shape index (κ2) is 6.19. The average molecular weight is 247 g/mol. The van der Waals surface area contributed by atoms with Crippen LogP contribution in [0.1, 0.15) is 42.5 Å². The smallest absolute Gasteiger partial charge is 0.133 e. The summed E-state index contributed by atoms with van der Waals surface area (Å²) >= 11 is 0. The SMILES string of the molecule is CNCc1c(C)cc(C)nc1N1CCCCCC1. The molecule has 18 heavy (non-hydrogen) atoms. The van der Waals surface area contributed by atoms with Gasteiger partial charge in [-0.2, -0.15) is 0 Å². The maximum Gasteiger partial charge on any atom is 0.133 e. The highest BCUT2D eigenvalue weighted by atomic mass is 15.2. The summed E-state index contributed by atoms with van der Waals surface area (Å²) in [6.45, 7) is 7.52. The van der Waals surface area contributed by atoms with Crippen LogP contribution in [0, 0.1) is 13.8 Å². The molecule has 100 valence electrons. The van der Waals surface area contributed by atoms with Crippen molar-refractivity contribution in [3.05, 3.63) is 22.9 Å². The summed E-state index contributed by atoms with van der Waals surface area (Å²) < 4.78 is 0. The number of aryl methyl sites for hydroxylation is 2. The van der Waals surface area contributed by atoms with Crippen molar-refractivity contribution in [1.82, 2.24) is 10.3 Å². The van der Waals surface area contributed by atoms with Crippen LogP contribution in [0.4, 0.5) is 5.82 Å². The third kappa shape index (κ3) is 3.02. The normalized spacial score (nSPS) is 16.7. The van der Waals surface area contributed by atoms with Gasteiger partial charge in [-0.3, -0.25) is 0 Å². The van der Waals surface area contributed by atoms with E-state index in [0.29, 0.717) is 0 Å². The number of pyridine rings is 1. The fourth-order valence-corrected chi connectivity index (χ4v) is 2.78. The summed E-state index contributed by atoms with van der Waals surface area (Å²) in [5, 5.41) is 3.27. The molecule has 1 aromatic heterocycles. The molecule has 1 aliphatic rings. The maximum atomic E-state index is 4.80. The fourth-order valence-electron chi connectivity index (χ4n) is 2.78. The lowest BCUT2D eigenvalue weighted by molar-refractivity contribution is 0.726. The van der Waals surface area contributed by atoms with Crippen molar-refractivity contribution >= 4 is 5.82 Å². The molecule has 1 aromatic rings. The molecular formula is C15H25N3. The predicted octanol–water partition coefficient (Wildman–Crippen LogP) is 2.80. The Balaban J connectivity index is 2.33.